The van der Waals surface area contributed by atoms with E-state index in [-0.39, 0.29) is 4.90 Å². The van der Waals surface area contributed by atoms with Gasteiger partial charge in [-0.25, -0.2) is 12.4 Å². The van der Waals surface area contributed by atoms with Gasteiger partial charge in [-0.15, -0.1) is 0 Å². The van der Waals surface area contributed by atoms with Crippen LogP contribution < -0.4 is 5.32 Å². The van der Waals surface area contributed by atoms with Gasteiger partial charge in [0.15, 0.2) is 0 Å². The van der Waals surface area contributed by atoms with E-state index < -0.39 is 10.0 Å². The van der Waals surface area contributed by atoms with E-state index >= 15 is 0 Å². The largest absolute Gasteiger partial charge is 0.317 e. The Kier molecular flexibility index (Phi) is 4.31. The molecule has 1 fully saturated rings. The zero-order valence-corrected chi connectivity index (χ0v) is 15.2. The van der Waals surface area contributed by atoms with Crippen molar-refractivity contribution in [2.75, 3.05) is 13.1 Å². The Labute approximate surface area is 152 Å². The van der Waals surface area contributed by atoms with Crippen molar-refractivity contribution >= 4 is 32.5 Å². The van der Waals surface area contributed by atoms with Crippen LogP contribution in [0.3, 0.4) is 0 Å². The van der Waals surface area contributed by atoms with Crippen molar-refractivity contribution in [3.05, 3.63) is 65.3 Å². The minimum Gasteiger partial charge on any atom is -0.317 e. The first-order valence-electron chi connectivity index (χ1n) is 8.39. The molecule has 1 aliphatic heterocycles. The van der Waals surface area contributed by atoms with Crippen molar-refractivity contribution in [1.29, 1.82) is 0 Å². The summed E-state index contributed by atoms with van der Waals surface area (Å²) in [5.41, 5.74) is 1.85. The summed E-state index contributed by atoms with van der Waals surface area (Å²) in [6.07, 6.45) is 3.86. The van der Waals surface area contributed by atoms with Crippen LogP contribution in [0.15, 0.2) is 59.6 Å². The van der Waals surface area contributed by atoms with Crippen LogP contribution in [0.1, 0.15) is 24.3 Å². The Morgan fingerprint density at radius 1 is 1.00 bits per heavy atom. The van der Waals surface area contributed by atoms with Crippen LogP contribution in [-0.2, 0) is 10.0 Å². The number of benzene rings is 2. The summed E-state index contributed by atoms with van der Waals surface area (Å²) in [7, 11) is -3.66. The van der Waals surface area contributed by atoms with E-state index in [1.807, 2.05) is 30.5 Å². The summed E-state index contributed by atoms with van der Waals surface area (Å²) in [5, 5.41) is 4.90. The van der Waals surface area contributed by atoms with E-state index in [9.17, 15) is 8.42 Å². The molecule has 0 amide bonds. The molecule has 0 radical (unpaired) electrons. The second-order valence-corrected chi connectivity index (χ2v) is 8.63. The number of para-hydroxylation sites is 1. The highest BCUT2D eigenvalue weighted by Gasteiger charge is 2.25. The predicted octanol–water partition coefficient (Wildman–Crippen LogP) is 4.00. The number of nitrogens with zero attached hydrogens (tertiary/aromatic N) is 1. The van der Waals surface area contributed by atoms with Crippen molar-refractivity contribution < 1.29 is 8.42 Å². The summed E-state index contributed by atoms with van der Waals surface area (Å²) in [5.74, 6) is 0.382. The lowest BCUT2D eigenvalue weighted by molar-refractivity contribution is 0.462. The zero-order chi connectivity index (χ0) is 17.4. The smallest absolute Gasteiger partial charge is 0.268 e. The number of fused-ring (bicyclic) bond motifs is 1. The quantitative estimate of drug-likeness (QED) is 0.753. The average molecular weight is 375 g/mol. The van der Waals surface area contributed by atoms with E-state index in [1.54, 1.807) is 24.3 Å². The van der Waals surface area contributed by atoms with Crippen LogP contribution in [0.25, 0.3) is 10.9 Å². The van der Waals surface area contributed by atoms with Crippen LogP contribution >= 0.6 is 11.6 Å². The molecule has 2 heterocycles. The maximum Gasteiger partial charge on any atom is 0.268 e. The topological polar surface area (TPSA) is 51.1 Å². The average Bonchev–Trinajstić information content (AvgIpc) is 3.03. The second kappa shape index (κ2) is 6.48. The number of rotatable bonds is 3. The Bertz CT molecular complexity index is 1000. The van der Waals surface area contributed by atoms with Gasteiger partial charge < -0.3 is 5.32 Å². The van der Waals surface area contributed by atoms with Crippen LogP contribution in [0.4, 0.5) is 0 Å². The van der Waals surface area contributed by atoms with Gasteiger partial charge in [-0.1, -0.05) is 29.8 Å². The molecule has 130 valence electrons. The molecule has 1 aliphatic rings. The van der Waals surface area contributed by atoms with Gasteiger partial charge in [0.1, 0.15) is 0 Å². The number of aromatic nitrogens is 1. The Morgan fingerprint density at radius 2 is 1.68 bits per heavy atom. The molecule has 1 N–H and O–H groups in total. The fourth-order valence-corrected chi connectivity index (χ4v) is 5.06. The molecule has 0 spiro atoms. The number of hydrogen-bond acceptors (Lipinski definition) is 3. The standard InChI is InChI=1S/C19H19ClN2O2S/c20-15-5-7-16(8-6-15)25(23,24)22-13-18(14-9-11-21-12-10-14)17-3-1-2-4-19(17)22/h1-8,13-14,21H,9-12H2. The van der Waals surface area contributed by atoms with E-state index in [1.165, 1.54) is 3.97 Å². The van der Waals surface area contributed by atoms with Crippen molar-refractivity contribution in [2.45, 2.75) is 23.7 Å². The zero-order valence-electron chi connectivity index (χ0n) is 13.7. The molecule has 3 aromatic rings. The van der Waals surface area contributed by atoms with Gasteiger partial charge in [0, 0.05) is 16.6 Å². The van der Waals surface area contributed by atoms with Gasteiger partial charge in [-0.2, -0.15) is 0 Å². The van der Waals surface area contributed by atoms with Crippen LogP contribution in [0.5, 0.6) is 0 Å². The summed E-state index contributed by atoms with van der Waals surface area (Å²) >= 11 is 5.90. The third-order valence-corrected chi connectivity index (χ3v) is 6.80. The number of halogens is 1. The summed E-state index contributed by atoms with van der Waals surface area (Å²) in [6, 6.07) is 14.0. The van der Waals surface area contributed by atoms with Crippen LogP contribution in [0, 0.1) is 0 Å². The Balaban J connectivity index is 1.88. The molecular formula is C19H19ClN2O2S. The summed E-state index contributed by atoms with van der Waals surface area (Å²) in [6.45, 7) is 1.93. The highest BCUT2D eigenvalue weighted by atomic mass is 35.5. The first-order chi connectivity index (χ1) is 12.1. The molecule has 1 aromatic heterocycles. The molecular weight excluding hydrogens is 356 g/mol. The van der Waals surface area contributed by atoms with Gasteiger partial charge in [-0.05, 0) is 67.7 Å². The lowest BCUT2D eigenvalue weighted by Gasteiger charge is -2.22. The maximum absolute atomic E-state index is 13.2. The van der Waals surface area contributed by atoms with Gasteiger partial charge in [0.05, 0.1) is 10.4 Å². The highest BCUT2D eigenvalue weighted by molar-refractivity contribution is 7.90. The van der Waals surface area contributed by atoms with E-state index in [4.69, 9.17) is 11.6 Å². The predicted molar refractivity (Wildman–Crippen MR) is 101 cm³/mol. The van der Waals surface area contributed by atoms with E-state index in [0.717, 1.165) is 42.4 Å². The van der Waals surface area contributed by atoms with Crippen LogP contribution in [0.2, 0.25) is 5.02 Å². The van der Waals surface area contributed by atoms with Crippen molar-refractivity contribution in [2.24, 2.45) is 0 Å². The van der Waals surface area contributed by atoms with Crippen LogP contribution in [-0.4, -0.2) is 25.5 Å². The molecule has 2 aromatic carbocycles. The number of nitrogens with one attached hydrogen (secondary N) is 1. The lowest BCUT2D eigenvalue weighted by atomic mass is 9.90. The molecule has 4 nitrogen and oxygen atoms in total. The highest BCUT2D eigenvalue weighted by Crippen LogP contribution is 2.34. The summed E-state index contributed by atoms with van der Waals surface area (Å²) in [4.78, 5) is 0.245. The van der Waals surface area contributed by atoms with E-state index in [0.29, 0.717) is 10.9 Å². The monoisotopic (exact) mass is 374 g/mol. The summed E-state index contributed by atoms with van der Waals surface area (Å²) < 4.78 is 27.7. The fraction of sp³-hybridized carbons (Fsp3) is 0.263. The lowest BCUT2D eigenvalue weighted by Crippen LogP contribution is -2.26. The van der Waals surface area contributed by atoms with Gasteiger partial charge >= 0.3 is 0 Å². The van der Waals surface area contributed by atoms with Crippen molar-refractivity contribution in [3.63, 3.8) is 0 Å². The first kappa shape index (κ1) is 16.6. The third-order valence-electron chi connectivity index (χ3n) is 4.86. The maximum atomic E-state index is 13.2. The SMILES string of the molecule is O=S(=O)(c1ccc(Cl)cc1)n1cc(C2CCNCC2)c2ccccc21. The second-order valence-electron chi connectivity index (χ2n) is 6.38. The minimum atomic E-state index is -3.66. The molecule has 0 aliphatic carbocycles. The molecule has 0 saturated carbocycles. The van der Waals surface area contributed by atoms with Gasteiger partial charge in [-0.3, -0.25) is 0 Å². The first-order valence-corrected chi connectivity index (χ1v) is 10.2. The van der Waals surface area contributed by atoms with Gasteiger partial charge in [0.2, 0.25) is 0 Å². The number of piperidine rings is 1. The molecule has 0 atom stereocenters. The fourth-order valence-electron chi connectivity index (χ4n) is 3.55. The normalized spacial score (nSPS) is 16.4. The van der Waals surface area contributed by atoms with E-state index in [2.05, 4.69) is 5.32 Å². The number of hydrogen-bond donors (Lipinski definition) is 1. The molecule has 0 bridgehead atoms. The third kappa shape index (κ3) is 2.97. The molecule has 0 unspecified atom stereocenters. The Hall–Kier alpha value is -1.82. The van der Waals surface area contributed by atoms with Crippen molar-refractivity contribution in [1.82, 2.24) is 9.29 Å². The molecule has 1 saturated heterocycles. The van der Waals surface area contributed by atoms with Crippen molar-refractivity contribution in [3.8, 4) is 0 Å². The molecule has 6 heteroatoms. The molecule has 4 rings (SSSR count). The molecule has 25 heavy (non-hydrogen) atoms. The minimum absolute atomic E-state index is 0.245. The Morgan fingerprint density at radius 3 is 2.40 bits per heavy atom. The van der Waals surface area contributed by atoms with Gasteiger partial charge in [0.25, 0.3) is 10.0 Å².